The summed E-state index contributed by atoms with van der Waals surface area (Å²) in [6.45, 7) is 8.28. The number of ether oxygens (including phenoxy) is 3. The topological polar surface area (TPSA) is 39.7 Å². The van der Waals surface area contributed by atoms with Crippen LogP contribution in [0.1, 0.15) is 20.3 Å². The van der Waals surface area contributed by atoms with Crippen molar-refractivity contribution in [3.05, 3.63) is 36.9 Å². The largest absolute Gasteiger partial charge is 0.497 e. The zero-order valence-electron chi connectivity index (χ0n) is 12.4. The van der Waals surface area contributed by atoms with Crippen molar-refractivity contribution in [1.82, 2.24) is 0 Å². The predicted octanol–water partition coefficient (Wildman–Crippen LogP) is 3.20. The minimum atomic E-state index is -0.508. The van der Waals surface area contributed by atoms with Crippen molar-refractivity contribution < 1.29 is 14.2 Å². The Hall–Kier alpha value is -1.52. The second kappa shape index (κ2) is 6.29. The maximum atomic E-state index is 5.92. The van der Waals surface area contributed by atoms with E-state index in [0.29, 0.717) is 6.61 Å². The lowest BCUT2D eigenvalue weighted by molar-refractivity contribution is -0.139. The molecule has 0 aromatic heterocycles. The van der Waals surface area contributed by atoms with E-state index >= 15 is 0 Å². The van der Waals surface area contributed by atoms with Crippen LogP contribution in [-0.2, 0) is 9.47 Å². The van der Waals surface area contributed by atoms with Crippen LogP contribution in [0, 0.1) is 0 Å². The van der Waals surface area contributed by atoms with E-state index in [9.17, 15) is 0 Å². The van der Waals surface area contributed by atoms with E-state index in [-0.39, 0.29) is 12.1 Å². The highest BCUT2D eigenvalue weighted by molar-refractivity contribution is 5.47. The summed E-state index contributed by atoms with van der Waals surface area (Å²) in [5.41, 5.74) is 1.03. The average Bonchev–Trinajstić information content (AvgIpc) is 2.79. The van der Waals surface area contributed by atoms with Crippen LogP contribution < -0.4 is 10.1 Å². The minimum absolute atomic E-state index is 0.0186. The first-order chi connectivity index (χ1) is 9.54. The van der Waals surface area contributed by atoms with Crippen molar-refractivity contribution in [1.29, 1.82) is 0 Å². The fourth-order valence-electron chi connectivity index (χ4n) is 2.30. The Morgan fingerprint density at radius 2 is 2.15 bits per heavy atom. The Bertz CT molecular complexity index is 442. The number of benzene rings is 1. The quantitative estimate of drug-likeness (QED) is 0.811. The van der Waals surface area contributed by atoms with Gasteiger partial charge in [-0.05, 0) is 44.5 Å². The van der Waals surface area contributed by atoms with Gasteiger partial charge in [-0.2, -0.15) is 0 Å². The zero-order valence-corrected chi connectivity index (χ0v) is 12.4. The zero-order chi connectivity index (χ0) is 14.6. The summed E-state index contributed by atoms with van der Waals surface area (Å²) < 4.78 is 16.7. The van der Waals surface area contributed by atoms with Gasteiger partial charge >= 0.3 is 0 Å². The molecule has 1 saturated heterocycles. The van der Waals surface area contributed by atoms with Gasteiger partial charge in [-0.1, -0.05) is 6.08 Å². The van der Waals surface area contributed by atoms with E-state index < -0.39 is 5.79 Å². The van der Waals surface area contributed by atoms with E-state index in [4.69, 9.17) is 14.2 Å². The molecule has 1 aliphatic rings. The molecule has 0 bridgehead atoms. The van der Waals surface area contributed by atoms with Crippen molar-refractivity contribution in [3.8, 4) is 5.75 Å². The third-order valence-corrected chi connectivity index (χ3v) is 3.34. The molecule has 2 atom stereocenters. The lowest BCUT2D eigenvalue weighted by Crippen LogP contribution is -2.36. The summed E-state index contributed by atoms with van der Waals surface area (Å²) in [7, 11) is 1.66. The monoisotopic (exact) mass is 277 g/mol. The molecule has 1 heterocycles. The van der Waals surface area contributed by atoms with Crippen molar-refractivity contribution in [3.63, 3.8) is 0 Å². The second-order valence-corrected chi connectivity index (χ2v) is 5.37. The molecule has 2 rings (SSSR count). The summed E-state index contributed by atoms with van der Waals surface area (Å²) in [4.78, 5) is 0. The fraction of sp³-hybridized carbons (Fsp3) is 0.500. The van der Waals surface area contributed by atoms with Crippen LogP contribution in [0.25, 0.3) is 0 Å². The third kappa shape index (κ3) is 3.74. The Morgan fingerprint density at radius 3 is 2.65 bits per heavy atom. The Labute approximate surface area is 120 Å². The molecule has 1 aromatic rings. The SMILES string of the molecule is C=CC[C@H](Nc1ccc(OC)cc1)[C@H]1COC(C)(C)O1. The molecule has 0 saturated carbocycles. The first kappa shape index (κ1) is 14.9. The average molecular weight is 277 g/mol. The molecule has 1 aliphatic heterocycles. The van der Waals surface area contributed by atoms with Gasteiger partial charge in [0.1, 0.15) is 11.9 Å². The molecular weight excluding hydrogens is 254 g/mol. The van der Waals surface area contributed by atoms with Crippen LogP contribution in [-0.4, -0.2) is 31.6 Å². The normalized spacial score (nSPS) is 22.2. The number of hydrogen-bond acceptors (Lipinski definition) is 4. The molecule has 1 aromatic carbocycles. The van der Waals surface area contributed by atoms with E-state index in [1.807, 2.05) is 44.2 Å². The van der Waals surface area contributed by atoms with Gasteiger partial charge in [0, 0.05) is 5.69 Å². The molecule has 4 heteroatoms. The molecule has 0 aliphatic carbocycles. The molecule has 4 nitrogen and oxygen atoms in total. The van der Waals surface area contributed by atoms with Gasteiger partial charge < -0.3 is 19.5 Å². The molecule has 0 spiro atoms. The van der Waals surface area contributed by atoms with E-state index in [1.54, 1.807) is 7.11 Å². The Balaban J connectivity index is 2.03. The molecule has 1 fully saturated rings. The van der Waals surface area contributed by atoms with Crippen LogP contribution in [0.2, 0.25) is 0 Å². The summed E-state index contributed by atoms with van der Waals surface area (Å²) in [5.74, 6) is 0.337. The van der Waals surface area contributed by atoms with Crippen molar-refractivity contribution in [2.45, 2.75) is 38.2 Å². The molecule has 0 unspecified atom stereocenters. The van der Waals surface area contributed by atoms with Crippen LogP contribution in [0.3, 0.4) is 0 Å². The van der Waals surface area contributed by atoms with Gasteiger partial charge in [0.05, 0.1) is 19.8 Å². The van der Waals surface area contributed by atoms with Gasteiger partial charge in [-0.15, -0.1) is 6.58 Å². The van der Waals surface area contributed by atoms with Crippen LogP contribution in [0.5, 0.6) is 5.75 Å². The summed E-state index contributed by atoms with van der Waals surface area (Å²) in [6.07, 6.45) is 2.73. The lowest BCUT2D eigenvalue weighted by atomic mass is 10.1. The number of anilines is 1. The maximum absolute atomic E-state index is 5.92. The molecule has 0 radical (unpaired) electrons. The minimum Gasteiger partial charge on any atom is -0.497 e. The third-order valence-electron chi connectivity index (χ3n) is 3.34. The van der Waals surface area contributed by atoms with E-state index in [0.717, 1.165) is 17.9 Å². The number of hydrogen-bond donors (Lipinski definition) is 1. The van der Waals surface area contributed by atoms with Gasteiger partial charge in [0.15, 0.2) is 5.79 Å². The molecule has 1 N–H and O–H groups in total. The first-order valence-electron chi connectivity index (χ1n) is 6.87. The summed E-state index contributed by atoms with van der Waals surface area (Å²) in [5, 5.41) is 3.48. The van der Waals surface area contributed by atoms with Gasteiger partial charge in [0.25, 0.3) is 0 Å². The summed E-state index contributed by atoms with van der Waals surface area (Å²) in [6, 6.07) is 8.00. The maximum Gasteiger partial charge on any atom is 0.163 e. The van der Waals surface area contributed by atoms with Crippen molar-refractivity contribution >= 4 is 5.69 Å². The molecule has 0 amide bonds. The highest BCUT2D eigenvalue weighted by Gasteiger charge is 2.36. The fourth-order valence-corrected chi connectivity index (χ4v) is 2.30. The highest BCUT2D eigenvalue weighted by Crippen LogP contribution is 2.27. The van der Waals surface area contributed by atoms with E-state index in [2.05, 4.69) is 11.9 Å². The first-order valence-corrected chi connectivity index (χ1v) is 6.87. The standard InChI is InChI=1S/C16H23NO3/c1-5-6-14(15-11-19-16(2,3)20-15)17-12-7-9-13(18-4)10-8-12/h5,7-10,14-15,17H,1,6,11H2,2-4H3/t14-,15+/m0/s1. The molecular formula is C16H23NO3. The highest BCUT2D eigenvalue weighted by atomic mass is 16.7. The molecule has 110 valence electrons. The lowest BCUT2D eigenvalue weighted by Gasteiger charge is -2.25. The van der Waals surface area contributed by atoms with Crippen LogP contribution in [0.15, 0.2) is 36.9 Å². The predicted molar refractivity (Wildman–Crippen MR) is 80.1 cm³/mol. The smallest absolute Gasteiger partial charge is 0.163 e. The van der Waals surface area contributed by atoms with Crippen molar-refractivity contribution in [2.75, 3.05) is 19.0 Å². The Kier molecular flexibility index (Phi) is 4.68. The van der Waals surface area contributed by atoms with E-state index in [1.165, 1.54) is 0 Å². The van der Waals surface area contributed by atoms with Crippen LogP contribution >= 0.6 is 0 Å². The van der Waals surface area contributed by atoms with Gasteiger partial charge in [-0.25, -0.2) is 0 Å². The molecule has 20 heavy (non-hydrogen) atoms. The summed E-state index contributed by atoms with van der Waals surface area (Å²) >= 11 is 0. The number of rotatable bonds is 6. The van der Waals surface area contributed by atoms with Crippen molar-refractivity contribution in [2.24, 2.45) is 0 Å². The second-order valence-electron chi connectivity index (χ2n) is 5.37. The van der Waals surface area contributed by atoms with Gasteiger partial charge in [-0.3, -0.25) is 0 Å². The number of nitrogens with one attached hydrogen (secondary N) is 1. The van der Waals surface area contributed by atoms with Crippen LogP contribution in [0.4, 0.5) is 5.69 Å². The number of methoxy groups -OCH3 is 1. The van der Waals surface area contributed by atoms with Gasteiger partial charge in [0.2, 0.25) is 0 Å². The Morgan fingerprint density at radius 1 is 1.45 bits per heavy atom.